The van der Waals surface area contributed by atoms with Gasteiger partial charge in [-0.25, -0.2) is 4.79 Å². The van der Waals surface area contributed by atoms with Crippen molar-refractivity contribution in [3.63, 3.8) is 0 Å². The Labute approximate surface area is 121 Å². The monoisotopic (exact) mass is 282 g/mol. The maximum atomic E-state index is 11.6. The van der Waals surface area contributed by atoms with Crippen molar-refractivity contribution in [1.29, 1.82) is 0 Å². The zero-order valence-electron chi connectivity index (χ0n) is 11.4. The highest BCUT2D eigenvalue weighted by Gasteiger charge is 2.30. The lowest BCUT2D eigenvalue weighted by molar-refractivity contribution is -0.120. The van der Waals surface area contributed by atoms with E-state index in [-0.39, 0.29) is 5.91 Å². The maximum absolute atomic E-state index is 11.6. The van der Waals surface area contributed by atoms with Crippen molar-refractivity contribution >= 4 is 11.9 Å². The smallest absolute Gasteiger partial charge is 0.322 e. The fourth-order valence-corrected chi connectivity index (χ4v) is 2.30. The van der Waals surface area contributed by atoms with Crippen LogP contribution in [0.5, 0.6) is 5.75 Å². The van der Waals surface area contributed by atoms with E-state index in [1.165, 1.54) is 0 Å². The number of urea groups is 1. The van der Waals surface area contributed by atoms with Crippen LogP contribution in [0.2, 0.25) is 0 Å². The summed E-state index contributed by atoms with van der Waals surface area (Å²) in [4.78, 5) is 22.7. The van der Waals surface area contributed by atoms with E-state index in [1.807, 2.05) is 48.5 Å². The van der Waals surface area contributed by atoms with Crippen LogP contribution in [0.25, 0.3) is 11.1 Å². The second-order valence-electron chi connectivity index (χ2n) is 4.75. The molecule has 1 aliphatic rings. The Bertz CT molecular complexity index is 678. The Morgan fingerprint density at radius 2 is 1.48 bits per heavy atom. The second kappa shape index (κ2) is 5.28. The number of ether oxygens (including phenoxy) is 1. The quantitative estimate of drug-likeness (QED) is 0.848. The molecule has 1 aliphatic heterocycles. The van der Waals surface area contributed by atoms with Crippen LogP contribution in [0.3, 0.4) is 0 Å². The lowest BCUT2D eigenvalue weighted by Crippen LogP contribution is -2.22. The first-order valence-corrected chi connectivity index (χ1v) is 6.53. The number of carbonyl (C=O) groups is 2. The molecule has 106 valence electrons. The highest BCUT2D eigenvalue weighted by Crippen LogP contribution is 2.25. The van der Waals surface area contributed by atoms with Crippen molar-refractivity contribution in [1.82, 2.24) is 10.6 Å². The van der Waals surface area contributed by atoms with Gasteiger partial charge in [-0.3, -0.25) is 10.1 Å². The average molecular weight is 282 g/mol. The molecular formula is C16H14N2O3. The summed E-state index contributed by atoms with van der Waals surface area (Å²) in [5.74, 6) is 0.484. The molecule has 5 heteroatoms. The van der Waals surface area contributed by atoms with Crippen molar-refractivity contribution in [2.24, 2.45) is 0 Å². The maximum Gasteiger partial charge on any atom is 0.322 e. The van der Waals surface area contributed by atoms with E-state index in [9.17, 15) is 9.59 Å². The molecule has 2 aromatic carbocycles. The van der Waals surface area contributed by atoms with E-state index in [1.54, 1.807) is 7.11 Å². The van der Waals surface area contributed by atoms with Crippen molar-refractivity contribution in [2.45, 2.75) is 6.04 Å². The minimum atomic E-state index is -0.609. The summed E-state index contributed by atoms with van der Waals surface area (Å²) >= 11 is 0. The Kier molecular flexibility index (Phi) is 3.31. The molecule has 0 spiro atoms. The second-order valence-corrected chi connectivity index (χ2v) is 4.75. The first-order valence-electron chi connectivity index (χ1n) is 6.53. The first kappa shape index (κ1) is 13.2. The Hall–Kier alpha value is -2.82. The van der Waals surface area contributed by atoms with Crippen LogP contribution >= 0.6 is 0 Å². The summed E-state index contributed by atoms with van der Waals surface area (Å²) in [5, 5.41) is 4.80. The van der Waals surface area contributed by atoms with Crippen LogP contribution in [0, 0.1) is 0 Å². The van der Waals surface area contributed by atoms with E-state index in [0.29, 0.717) is 0 Å². The van der Waals surface area contributed by atoms with Crippen molar-refractivity contribution in [3.8, 4) is 16.9 Å². The van der Waals surface area contributed by atoms with Gasteiger partial charge in [-0.15, -0.1) is 0 Å². The number of nitrogens with one attached hydrogen (secondary N) is 2. The van der Waals surface area contributed by atoms with Gasteiger partial charge in [0.2, 0.25) is 0 Å². The van der Waals surface area contributed by atoms with Gasteiger partial charge in [0.1, 0.15) is 11.8 Å². The van der Waals surface area contributed by atoms with Gasteiger partial charge in [0.25, 0.3) is 5.91 Å². The van der Waals surface area contributed by atoms with Gasteiger partial charge in [0.05, 0.1) is 7.11 Å². The van der Waals surface area contributed by atoms with Crippen molar-refractivity contribution in [2.75, 3.05) is 7.11 Å². The molecule has 1 fully saturated rings. The van der Waals surface area contributed by atoms with Crippen LogP contribution in [0.1, 0.15) is 11.6 Å². The third kappa shape index (κ3) is 2.58. The van der Waals surface area contributed by atoms with Gasteiger partial charge in [-0.1, -0.05) is 36.4 Å². The zero-order valence-corrected chi connectivity index (χ0v) is 11.4. The number of rotatable bonds is 3. The fourth-order valence-electron chi connectivity index (χ4n) is 2.30. The highest BCUT2D eigenvalue weighted by molar-refractivity contribution is 6.04. The molecule has 1 heterocycles. The minimum absolute atomic E-state index is 0.322. The van der Waals surface area contributed by atoms with Crippen LogP contribution in [-0.2, 0) is 4.79 Å². The van der Waals surface area contributed by atoms with E-state index >= 15 is 0 Å². The molecule has 0 bridgehead atoms. The van der Waals surface area contributed by atoms with Gasteiger partial charge in [-0.2, -0.15) is 0 Å². The zero-order chi connectivity index (χ0) is 14.8. The summed E-state index contributed by atoms with van der Waals surface area (Å²) in [6, 6.07) is 14.2. The molecular weight excluding hydrogens is 268 g/mol. The predicted octanol–water partition coefficient (Wildman–Crippen LogP) is 2.24. The summed E-state index contributed by atoms with van der Waals surface area (Å²) in [6.45, 7) is 0. The fraction of sp³-hybridized carbons (Fsp3) is 0.125. The summed E-state index contributed by atoms with van der Waals surface area (Å²) in [5.41, 5.74) is 2.85. The third-order valence-electron chi connectivity index (χ3n) is 3.44. The van der Waals surface area contributed by atoms with E-state index in [4.69, 9.17) is 4.74 Å². The number of hydrogen-bond acceptors (Lipinski definition) is 3. The molecule has 2 aromatic rings. The van der Waals surface area contributed by atoms with Gasteiger partial charge in [-0.05, 0) is 28.8 Å². The van der Waals surface area contributed by atoms with Crippen LogP contribution in [-0.4, -0.2) is 19.0 Å². The molecule has 1 saturated heterocycles. The summed E-state index contributed by atoms with van der Waals surface area (Å²) in [6.07, 6.45) is 0. The standard InChI is InChI=1S/C16H14N2O3/c1-21-13-8-6-11(7-9-13)10-2-4-12(5-3-10)14-15(19)18-16(20)17-14/h2-9,14H,1H3,(H2,17,18,19,20). The third-order valence-corrected chi connectivity index (χ3v) is 3.44. The summed E-state index contributed by atoms with van der Waals surface area (Å²) in [7, 11) is 1.63. The summed E-state index contributed by atoms with van der Waals surface area (Å²) < 4.78 is 5.13. The minimum Gasteiger partial charge on any atom is -0.497 e. The number of carbonyl (C=O) groups excluding carboxylic acids is 2. The predicted molar refractivity (Wildman–Crippen MR) is 77.8 cm³/mol. The molecule has 1 atom stereocenters. The molecule has 21 heavy (non-hydrogen) atoms. The number of amides is 3. The Morgan fingerprint density at radius 1 is 0.905 bits per heavy atom. The SMILES string of the molecule is COc1ccc(-c2ccc(C3NC(=O)NC3=O)cc2)cc1. The van der Waals surface area contributed by atoms with Crippen LogP contribution < -0.4 is 15.4 Å². The highest BCUT2D eigenvalue weighted by atomic mass is 16.5. The molecule has 2 N–H and O–H groups in total. The van der Waals surface area contributed by atoms with E-state index < -0.39 is 12.1 Å². The number of hydrogen-bond donors (Lipinski definition) is 2. The van der Waals surface area contributed by atoms with Gasteiger partial charge < -0.3 is 10.1 Å². The first-order chi connectivity index (χ1) is 10.2. The van der Waals surface area contributed by atoms with Gasteiger partial charge >= 0.3 is 6.03 Å². The van der Waals surface area contributed by atoms with Gasteiger partial charge in [0.15, 0.2) is 0 Å². The van der Waals surface area contributed by atoms with E-state index in [0.717, 1.165) is 22.4 Å². The molecule has 3 amide bonds. The molecule has 3 rings (SSSR count). The van der Waals surface area contributed by atoms with Crippen molar-refractivity contribution < 1.29 is 14.3 Å². The van der Waals surface area contributed by atoms with Crippen LogP contribution in [0.4, 0.5) is 4.79 Å². The molecule has 0 aliphatic carbocycles. The van der Waals surface area contributed by atoms with Gasteiger partial charge in [0, 0.05) is 0 Å². The number of methoxy groups -OCH3 is 1. The Balaban J connectivity index is 1.83. The molecule has 0 aromatic heterocycles. The largest absolute Gasteiger partial charge is 0.497 e. The number of imide groups is 1. The average Bonchev–Trinajstić information content (AvgIpc) is 2.86. The molecule has 0 radical (unpaired) electrons. The van der Waals surface area contributed by atoms with Crippen LogP contribution in [0.15, 0.2) is 48.5 Å². The van der Waals surface area contributed by atoms with E-state index in [2.05, 4.69) is 10.6 Å². The lowest BCUT2D eigenvalue weighted by Gasteiger charge is -2.09. The molecule has 5 nitrogen and oxygen atoms in total. The topological polar surface area (TPSA) is 67.4 Å². The molecule has 1 unspecified atom stereocenters. The normalized spacial score (nSPS) is 17.3. The molecule has 0 saturated carbocycles. The van der Waals surface area contributed by atoms with Crippen molar-refractivity contribution in [3.05, 3.63) is 54.1 Å². The Morgan fingerprint density at radius 3 is 1.95 bits per heavy atom. The number of benzene rings is 2. The lowest BCUT2D eigenvalue weighted by atomic mass is 10.0.